The van der Waals surface area contributed by atoms with Crippen LogP contribution in [0.3, 0.4) is 0 Å². The Hall–Kier alpha value is -0.340. The summed E-state index contributed by atoms with van der Waals surface area (Å²) in [6, 6.07) is 0. The van der Waals surface area contributed by atoms with Crippen molar-refractivity contribution >= 4 is 0 Å². The Bertz CT molecular complexity index is 266. The second-order valence-corrected chi connectivity index (χ2v) is 6.08. The Morgan fingerprint density at radius 1 is 1.47 bits per heavy atom. The molecule has 0 saturated carbocycles. The van der Waals surface area contributed by atoms with Gasteiger partial charge >= 0.3 is 0 Å². The molecule has 2 aliphatic heterocycles. The van der Waals surface area contributed by atoms with E-state index < -0.39 is 0 Å². The van der Waals surface area contributed by atoms with E-state index in [4.69, 9.17) is 4.74 Å². The molecule has 2 aliphatic rings. The van der Waals surface area contributed by atoms with Gasteiger partial charge in [0.25, 0.3) is 0 Å². The van der Waals surface area contributed by atoms with Crippen LogP contribution in [0.1, 0.15) is 40.0 Å². The Morgan fingerprint density at radius 2 is 2.20 bits per heavy atom. The second-order valence-electron chi connectivity index (χ2n) is 6.08. The maximum Gasteiger partial charge on any atom is 0.0660 e. The van der Waals surface area contributed by atoms with Crippen LogP contribution in [0.5, 0.6) is 0 Å². The summed E-state index contributed by atoms with van der Waals surface area (Å²) in [7, 11) is 0. The Kier molecular flexibility index (Phi) is 2.68. The maximum absolute atomic E-state index is 5.98. The zero-order chi connectivity index (χ0) is 11.1. The van der Waals surface area contributed by atoms with Crippen molar-refractivity contribution in [3.8, 4) is 0 Å². The number of ether oxygens (including phenoxy) is 1. The van der Waals surface area contributed by atoms with Crippen molar-refractivity contribution in [3.63, 3.8) is 0 Å². The van der Waals surface area contributed by atoms with E-state index in [1.807, 2.05) is 0 Å². The standard InChI is InChI=1S/C13H23NO/c1-11-8-13(10-15-12(2,3)4)6-5-7-14(13)9-11/h1,5-10H2,2-4H3/t13-/m0/s1. The van der Waals surface area contributed by atoms with Gasteiger partial charge in [-0.3, -0.25) is 4.90 Å². The third-order valence-corrected chi connectivity index (χ3v) is 3.51. The van der Waals surface area contributed by atoms with Crippen LogP contribution in [0.4, 0.5) is 0 Å². The molecule has 0 amide bonds. The van der Waals surface area contributed by atoms with E-state index in [9.17, 15) is 0 Å². The van der Waals surface area contributed by atoms with E-state index in [0.29, 0.717) is 5.54 Å². The molecule has 2 nitrogen and oxygen atoms in total. The van der Waals surface area contributed by atoms with Crippen molar-refractivity contribution in [3.05, 3.63) is 12.2 Å². The summed E-state index contributed by atoms with van der Waals surface area (Å²) in [5, 5.41) is 0. The van der Waals surface area contributed by atoms with Gasteiger partial charge in [-0.1, -0.05) is 12.2 Å². The van der Waals surface area contributed by atoms with Crippen LogP contribution in [0, 0.1) is 0 Å². The molecule has 0 spiro atoms. The highest BCUT2D eigenvalue weighted by molar-refractivity contribution is 5.17. The monoisotopic (exact) mass is 209 g/mol. The van der Waals surface area contributed by atoms with Crippen molar-refractivity contribution in [2.45, 2.75) is 51.2 Å². The lowest BCUT2D eigenvalue weighted by Crippen LogP contribution is -2.44. The molecule has 15 heavy (non-hydrogen) atoms. The average molecular weight is 209 g/mol. The van der Waals surface area contributed by atoms with E-state index in [2.05, 4.69) is 32.3 Å². The minimum Gasteiger partial charge on any atom is -0.374 e. The fourth-order valence-corrected chi connectivity index (χ4v) is 2.80. The van der Waals surface area contributed by atoms with E-state index in [1.165, 1.54) is 25.0 Å². The van der Waals surface area contributed by atoms with Crippen molar-refractivity contribution in [2.24, 2.45) is 0 Å². The van der Waals surface area contributed by atoms with Crippen molar-refractivity contribution < 1.29 is 4.74 Å². The Balaban J connectivity index is 2.02. The maximum atomic E-state index is 5.98. The summed E-state index contributed by atoms with van der Waals surface area (Å²) < 4.78 is 5.98. The largest absolute Gasteiger partial charge is 0.374 e. The smallest absolute Gasteiger partial charge is 0.0660 e. The highest BCUT2D eigenvalue weighted by Gasteiger charge is 2.46. The molecule has 2 fully saturated rings. The lowest BCUT2D eigenvalue weighted by atomic mass is 9.93. The predicted octanol–water partition coefficient (Wildman–Crippen LogP) is 2.60. The zero-order valence-electron chi connectivity index (χ0n) is 10.3. The van der Waals surface area contributed by atoms with Crippen LogP contribution in [0.2, 0.25) is 0 Å². The SMILES string of the molecule is C=C1CN2CCC[C@@]2(COC(C)(C)C)C1. The zero-order valence-corrected chi connectivity index (χ0v) is 10.3. The number of nitrogens with zero attached hydrogens (tertiary/aromatic N) is 1. The van der Waals surface area contributed by atoms with Crippen LogP contribution in [0.15, 0.2) is 12.2 Å². The molecule has 86 valence electrons. The molecule has 0 radical (unpaired) electrons. The van der Waals surface area contributed by atoms with Gasteiger partial charge < -0.3 is 4.74 Å². The van der Waals surface area contributed by atoms with Crippen molar-refractivity contribution in [2.75, 3.05) is 19.7 Å². The molecular formula is C13H23NO. The topological polar surface area (TPSA) is 12.5 Å². The summed E-state index contributed by atoms with van der Waals surface area (Å²) in [5.41, 5.74) is 1.66. The minimum absolute atomic E-state index is 0.0209. The predicted molar refractivity (Wildman–Crippen MR) is 63.0 cm³/mol. The van der Waals surface area contributed by atoms with Crippen LogP contribution < -0.4 is 0 Å². The summed E-state index contributed by atoms with van der Waals surface area (Å²) in [6.07, 6.45) is 3.74. The van der Waals surface area contributed by atoms with Crippen LogP contribution >= 0.6 is 0 Å². The molecular weight excluding hydrogens is 186 g/mol. The third-order valence-electron chi connectivity index (χ3n) is 3.51. The number of hydrogen-bond acceptors (Lipinski definition) is 2. The Morgan fingerprint density at radius 3 is 2.87 bits per heavy atom. The van der Waals surface area contributed by atoms with Crippen molar-refractivity contribution in [1.29, 1.82) is 0 Å². The lowest BCUT2D eigenvalue weighted by molar-refractivity contribution is -0.0520. The highest BCUT2D eigenvalue weighted by Crippen LogP contribution is 2.41. The Labute approximate surface area is 93.3 Å². The van der Waals surface area contributed by atoms with Gasteiger partial charge in [0.2, 0.25) is 0 Å². The first kappa shape index (κ1) is 11.2. The molecule has 0 aromatic rings. The number of fused-ring (bicyclic) bond motifs is 1. The summed E-state index contributed by atoms with van der Waals surface area (Å²) in [6.45, 7) is 13.7. The third kappa shape index (κ3) is 2.26. The van der Waals surface area contributed by atoms with Gasteiger partial charge in [-0.15, -0.1) is 0 Å². The molecule has 2 saturated heterocycles. The molecule has 2 rings (SSSR count). The normalized spacial score (nSPS) is 32.3. The summed E-state index contributed by atoms with van der Waals surface area (Å²) in [5.74, 6) is 0. The van der Waals surface area contributed by atoms with Gasteiger partial charge in [-0.25, -0.2) is 0 Å². The van der Waals surface area contributed by atoms with E-state index >= 15 is 0 Å². The van der Waals surface area contributed by atoms with Gasteiger partial charge in [0, 0.05) is 12.1 Å². The first-order valence-electron chi connectivity index (χ1n) is 5.97. The van der Waals surface area contributed by atoms with Gasteiger partial charge in [-0.2, -0.15) is 0 Å². The van der Waals surface area contributed by atoms with Gasteiger partial charge in [0.05, 0.1) is 12.2 Å². The van der Waals surface area contributed by atoms with E-state index in [0.717, 1.165) is 19.6 Å². The van der Waals surface area contributed by atoms with Crippen molar-refractivity contribution in [1.82, 2.24) is 4.90 Å². The average Bonchev–Trinajstić information content (AvgIpc) is 2.55. The quantitative estimate of drug-likeness (QED) is 0.648. The van der Waals surface area contributed by atoms with Crippen LogP contribution in [0.25, 0.3) is 0 Å². The fraction of sp³-hybridized carbons (Fsp3) is 0.846. The second kappa shape index (κ2) is 3.60. The van der Waals surface area contributed by atoms with Gasteiger partial charge in [-0.05, 0) is 46.6 Å². The molecule has 1 atom stereocenters. The number of rotatable bonds is 2. The molecule has 0 N–H and O–H groups in total. The molecule has 0 aromatic carbocycles. The van der Waals surface area contributed by atoms with Crippen LogP contribution in [-0.2, 0) is 4.74 Å². The number of hydrogen-bond donors (Lipinski definition) is 0. The lowest BCUT2D eigenvalue weighted by Gasteiger charge is -2.34. The summed E-state index contributed by atoms with van der Waals surface area (Å²) in [4.78, 5) is 2.57. The van der Waals surface area contributed by atoms with Gasteiger partial charge in [0.15, 0.2) is 0 Å². The first-order valence-corrected chi connectivity index (χ1v) is 5.97. The molecule has 0 unspecified atom stereocenters. The van der Waals surface area contributed by atoms with E-state index in [1.54, 1.807) is 0 Å². The molecule has 0 aliphatic carbocycles. The van der Waals surface area contributed by atoms with E-state index in [-0.39, 0.29) is 5.60 Å². The molecule has 2 heteroatoms. The highest BCUT2D eigenvalue weighted by atomic mass is 16.5. The van der Waals surface area contributed by atoms with Crippen LogP contribution in [-0.4, -0.2) is 35.7 Å². The molecule has 0 aromatic heterocycles. The minimum atomic E-state index is -0.0209. The molecule has 0 bridgehead atoms. The summed E-state index contributed by atoms with van der Waals surface area (Å²) >= 11 is 0. The first-order chi connectivity index (χ1) is 6.91. The van der Waals surface area contributed by atoms with Gasteiger partial charge in [0.1, 0.15) is 0 Å². The fourth-order valence-electron chi connectivity index (χ4n) is 2.80. The molecule has 2 heterocycles.